The van der Waals surface area contributed by atoms with Gasteiger partial charge in [-0.25, -0.2) is 0 Å². The Labute approximate surface area is 126 Å². The van der Waals surface area contributed by atoms with Crippen molar-refractivity contribution in [2.24, 2.45) is 18.9 Å². The van der Waals surface area contributed by atoms with E-state index in [4.69, 9.17) is 0 Å². The molecule has 1 aliphatic heterocycles. The lowest BCUT2D eigenvalue weighted by Gasteiger charge is -2.27. The Balaban J connectivity index is 0.00000200. The molecule has 1 aliphatic rings. The van der Waals surface area contributed by atoms with Gasteiger partial charge < -0.3 is 10.6 Å². The normalized spacial score (nSPS) is 17.4. The number of nitrogens with zero attached hydrogens (tertiary/aromatic N) is 2. The van der Waals surface area contributed by atoms with Crippen molar-refractivity contribution in [2.75, 3.05) is 18.4 Å². The van der Waals surface area contributed by atoms with Gasteiger partial charge in [0.15, 0.2) is 0 Å². The molecule has 0 radical (unpaired) electrons. The number of anilines is 1. The van der Waals surface area contributed by atoms with Crippen LogP contribution in [-0.4, -0.2) is 28.8 Å². The first-order valence-electron chi connectivity index (χ1n) is 7.07. The first-order valence-corrected chi connectivity index (χ1v) is 7.07. The zero-order valence-corrected chi connectivity index (χ0v) is 13.3. The van der Waals surface area contributed by atoms with Crippen molar-refractivity contribution in [2.45, 2.75) is 33.1 Å². The Morgan fingerprint density at radius 3 is 2.75 bits per heavy atom. The zero-order valence-electron chi connectivity index (χ0n) is 12.5. The van der Waals surface area contributed by atoms with Crippen LogP contribution in [0.3, 0.4) is 0 Å². The van der Waals surface area contributed by atoms with Gasteiger partial charge in [0, 0.05) is 13.5 Å². The molecule has 1 saturated heterocycles. The van der Waals surface area contributed by atoms with Crippen LogP contribution in [0.5, 0.6) is 0 Å². The van der Waals surface area contributed by atoms with Crippen molar-refractivity contribution in [3.05, 3.63) is 11.9 Å². The zero-order chi connectivity index (χ0) is 13.8. The number of aryl methyl sites for hydroxylation is 1. The third kappa shape index (κ3) is 4.21. The van der Waals surface area contributed by atoms with E-state index in [1.807, 2.05) is 14.0 Å². The molecule has 0 spiro atoms. The van der Waals surface area contributed by atoms with Crippen LogP contribution in [0.2, 0.25) is 0 Å². The molecule has 2 rings (SSSR count). The number of hydrogen-bond donors (Lipinski definition) is 2. The van der Waals surface area contributed by atoms with E-state index in [2.05, 4.69) is 22.7 Å². The number of nitrogens with one attached hydrogen (secondary N) is 2. The van der Waals surface area contributed by atoms with E-state index in [9.17, 15) is 4.79 Å². The summed E-state index contributed by atoms with van der Waals surface area (Å²) in [6.45, 7) is 6.31. The summed E-state index contributed by atoms with van der Waals surface area (Å²) in [7, 11) is 1.88. The number of hydrogen-bond acceptors (Lipinski definition) is 3. The van der Waals surface area contributed by atoms with Gasteiger partial charge in [0.1, 0.15) is 0 Å². The average molecular weight is 301 g/mol. The van der Waals surface area contributed by atoms with E-state index < -0.39 is 0 Å². The quantitative estimate of drug-likeness (QED) is 0.895. The van der Waals surface area contributed by atoms with Crippen LogP contribution >= 0.6 is 12.4 Å². The Morgan fingerprint density at radius 2 is 2.20 bits per heavy atom. The van der Waals surface area contributed by atoms with Gasteiger partial charge in [-0.2, -0.15) is 5.10 Å². The third-order valence-corrected chi connectivity index (χ3v) is 4.21. The van der Waals surface area contributed by atoms with Crippen molar-refractivity contribution >= 4 is 24.0 Å². The van der Waals surface area contributed by atoms with Crippen LogP contribution < -0.4 is 10.6 Å². The molecule has 1 unspecified atom stereocenters. The second-order valence-electron chi connectivity index (χ2n) is 5.58. The van der Waals surface area contributed by atoms with Gasteiger partial charge >= 0.3 is 0 Å². The SMILES string of the molecule is Cc1c(NC(=O)CC(C)C2CCNCC2)cnn1C.Cl. The molecular formula is C14H25ClN4O. The van der Waals surface area contributed by atoms with E-state index in [1.165, 1.54) is 12.8 Å². The highest BCUT2D eigenvalue weighted by molar-refractivity contribution is 5.91. The summed E-state index contributed by atoms with van der Waals surface area (Å²) >= 11 is 0. The number of carbonyl (C=O) groups is 1. The second kappa shape index (κ2) is 7.64. The summed E-state index contributed by atoms with van der Waals surface area (Å²) in [4.78, 5) is 12.1. The summed E-state index contributed by atoms with van der Waals surface area (Å²) in [6.07, 6.45) is 4.67. The Morgan fingerprint density at radius 1 is 1.55 bits per heavy atom. The van der Waals surface area contributed by atoms with Gasteiger partial charge in [-0.05, 0) is 44.7 Å². The fourth-order valence-corrected chi connectivity index (χ4v) is 2.70. The van der Waals surface area contributed by atoms with Crippen LogP contribution in [0.25, 0.3) is 0 Å². The van der Waals surface area contributed by atoms with E-state index >= 15 is 0 Å². The van der Waals surface area contributed by atoms with Gasteiger partial charge in [-0.1, -0.05) is 6.92 Å². The highest BCUT2D eigenvalue weighted by atomic mass is 35.5. The molecule has 1 fully saturated rings. The predicted octanol–water partition coefficient (Wildman–Crippen LogP) is 2.11. The van der Waals surface area contributed by atoms with E-state index in [0.717, 1.165) is 24.5 Å². The molecule has 1 aromatic heterocycles. The average Bonchev–Trinajstić information content (AvgIpc) is 2.71. The Hall–Kier alpha value is -1.07. The molecule has 1 aromatic rings. The minimum absolute atomic E-state index is 0. The minimum Gasteiger partial charge on any atom is -0.323 e. The van der Waals surface area contributed by atoms with Gasteiger partial charge in [0.2, 0.25) is 5.91 Å². The molecule has 0 aliphatic carbocycles. The number of aromatic nitrogens is 2. The molecule has 2 N–H and O–H groups in total. The molecule has 114 valence electrons. The molecule has 0 bridgehead atoms. The van der Waals surface area contributed by atoms with Crippen LogP contribution in [0.1, 0.15) is 31.9 Å². The monoisotopic (exact) mass is 300 g/mol. The van der Waals surface area contributed by atoms with E-state index in [-0.39, 0.29) is 18.3 Å². The Bertz CT molecular complexity index is 440. The minimum atomic E-state index is 0. The number of carbonyl (C=O) groups excluding carboxylic acids is 1. The summed E-state index contributed by atoms with van der Waals surface area (Å²) in [6, 6.07) is 0. The van der Waals surface area contributed by atoms with E-state index in [1.54, 1.807) is 10.9 Å². The van der Waals surface area contributed by atoms with Crippen LogP contribution in [-0.2, 0) is 11.8 Å². The lowest BCUT2D eigenvalue weighted by molar-refractivity contribution is -0.117. The molecular weight excluding hydrogens is 276 g/mol. The summed E-state index contributed by atoms with van der Waals surface area (Å²) in [5.74, 6) is 1.21. The highest BCUT2D eigenvalue weighted by Gasteiger charge is 2.22. The highest BCUT2D eigenvalue weighted by Crippen LogP contribution is 2.25. The number of piperidine rings is 1. The molecule has 1 amide bonds. The standard InChI is InChI=1S/C14H24N4O.ClH/c1-10(12-4-6-15-7-5-12)8-14(19)17-13-9-16-18(3)11(13)2;/h9-10,12,15H,4-8H2,1-3H3,(H,17,19);1H. The second-order valence-corrected chi connectivity index (χ2v) is 5.58. The molecule has 6 heteroatoms. The molecule has 2 heterocycles. The van der Waals surface area contributed by atoms with Crippen LogP contribution in [0.15, 0.2) is 6.20 Å². The maximum atomic E-state index is 12.1. The van der Waals surface area contributed by atoms with Gasteiger partial charge in [-0.15, -0.1) is 12.4 Å². The van der Waals surface area contributed by atoms with Gasteiger partial charge in [-0.3, -0.25) is 9.48 Å². The molecule has 5 nitrogen and oxygen atoms in total. The maximum Gasteiger partial charge on any atom is 0.224 e. The molecule has 0 saturated carbocycles. The van der Waals surface area contributed by atoms with Crippen molar-refractivity contribution in [1.29, 1.82) is 0 Å². The van der Waals surface area contributed by atoms with Gasteiger partial charge in [0.05, 0.1) is 17.6 Å². The Kier molecular flexibility index (Phi) is 6.49. The lowest BCUT2D eigenvalue weighted by Crippen LogP contribution is -2.32. The van der Waals surface area contributed by atoms with Crippen molar-refractivity contribution < 1.29 is 4.79 Å². The van der Waals surface area contributed by atoms with Crippen molar-refractivity contribution in [3.8, 4) is 0 Å². The van der Waals surface area contributed by atoms with Crippen LogP contribution in [0.4, 0.5) is 5.69 Å². The smallest absolute Gasteiger partial charge is 0.224 e. The first kappa shape index (κ1) is 17.0. The molecule has 1 atom stereocenters. The van der Waals surface area contributed by atoms with Crippen molar-refractivity contribution in [1.82, 2.24) is 15.1 Å². The number of amides is 1. The largest absolute Gasteiger partial charge is 0.323 e. The lowest BCUT2D eigenvalue weighted by atomic mass is 9.84. The molecule has 20 heavy (non-hydrogen) atoms. The maximum absolute atomic E-state index is 12.1. The summed E-state index contributed by atoms with van der Waals surface area (Å²) in [5, 5.41) is 10.5. The predicted molar refractivity (Wildman–Crippen MR) is 83.2 cm³/mol. The summed E-state index contributed by atoms with van der Waals surface area (Å²) in [5.41, 5.74) is 1.81. The summed E-state index contributed by atoms with van der Waals surface area (Å²) < 4.78 is 1.77. The van der Waals surface area contributed by atoms with Crippen molar-refractivity contribution in [3.63, 3.8) is 0 Å². The van der Waals surface area contributed by atoms with E-state index in [0.29, 0.717) is 18.3 Å². The van der Waals surface area contributed by atoms with Crippen LogP contribution in [0, 0.1) is 18.8 Å². The van der Waals surface area contributed by atoms with Gasteiger partial charge in [0.25, 0.3) is 0 Å². The fourth-order valence-electron chi connectivity index (χ4n) is 2.70. The third-order valence-electron chi connectivity index (χ3n) is 4.21. The molecule has 0 aromatic carbocycles. The first-order chi connectivity index (χ1) is 9.08. The number of halogens is 1. The fraction of sp³-hybridized carbons (Fsp3) is 0.714. The topological polar surface area (TPSA) is 59.0 Å². The number of rotatable bonds is 4.